The first kappa shape index (κ1) is 23.7. The number of benzene rings is 2. The molecule has 168 valence electrons. The highest BCUT2D eigenvalue weighted by atomic mass is 79.9. The number of halogens is 1. The minimum atomic E-state index is -0.210. The molecule has 1 heterocycles. The van der Waals surface area contributed by atoms with Gasteiger partial charge >= 0.3 is 0 Å². The number of fused-ring (bicyclic) bond motifs is 1. The van der Waals surface area contributed by atoms with Gasteiger partial charge in [-0.3, -0.25) is 4.79 Å². The van der Waals surface area contributed by atoms with E-state index in [0.29, 0.717) is 47.9 Å². The zero-order valence-electron chi connectivity index (χ0n) is 18.9. The van der Waals surface area contributed by atoms with Gasteiger partial charge in [-0.2, -0.15) is 9.78 Å². The first-order chi connectivity index (χ1) is 15.4. The van der Waals surface area contributed by atoms with Crippen molar-refractivity contribution in [1.82, 2.24) is 9.66 Å². The van der Waals surface area contributed by atoms with Gasteiger partial charge in [0.2, 0.25) is 0 Å². The van der Waals surface area contributed by atoms with Crippen LogP contribution >= 0.6 is 15.9 Å². The van der Waals surface area contributed by atoms with E-state index < -0.39 is 0 Å². The molecule has 0 aliphatic rings. The van der Waals surface area contributed by atoms with Crippen LogP contribution in [0.3, 0.4) is 0 Å². The standard InChI is InChI=1S/C25H28BrN3O3/c1-6-9-18-12-17(13-22(31-7-2)23(18)32-8-3)15-27-29-24(16(4)5)28-21-11-10-19(26)14-20(21)25(29)30/h6,10-16H,1,7-9H2,2-5H3. The lowest BCUT2D eigenvalue weighted by atomic mass is 10.1. The largest absolute Gasteiger partial charge is 0.490 e. The summed E-state index contributed by atoms with van der Waals surface area (Å²) in [5, 5.41) is 5.04. The topological polar surface area (TPSA) is 65.7 Å². The molecule has 1 aromatic heterocycles. The second kappa shape index (κ2) is 10.6. The van der Waals surface area contributed by atoms with Crippen LogP contribution in [-0.4, -0.2) is 29.1 Å². The molecule has 0 saturated carbocycles. The van der Waals surface area contributed by atoms with Crippen LogP contribution in [0, 0.1) is 0 Å². The molecule has 3 aromatic rings. The summed E-state index contributed by atoms with van der Waals surface area (Å²) in [5.74, 6) is 1.97. The SMILES string of the molecule is C=CCc1cc(C=Nn2c(C(C)C)nc3ccc(Br)cc3c2=O)cc(OCC)c1OCC. The Morgan fingerprint density at radius 3 is 2.59 bits per heavy atom. The Kier molecular flexibility index (Phi) is 7.85. The molecule has 32 heavy (non-hydrogen) atoms. The van der Waals surface area contributed by atoms with Gasteiger partial charge in [-0.05, 0) is 56.2 Å². The van der Waals surface area contributed by atoms with Crippen LogP contribution in [-0.2, 0) is 6.42 Å². The van der Waals surface area contributed by atoms with Crippen molar-refractivity contribution in [3.8, 4) is 11.5 Å². The van der Waals surface area contributed by atoms with Crippen molar-refractivity contribution in [2.45, 2.75) is 40.0 Å². The third-order valence-electron chi connectivity index (χ3n) is 4.78. The van der Waals surface area contributed by atoms with E-state index in [1.54, 1.807) is 12.3 Å². The Balaban J connectivity index is 2.16. The van der Waals surface area contributed by atoms with E-state index in [4.69, 9.17) is 14.5 Å². The monoisotopic (exact) mass is 497 g/mol. The summed E-state index contributed by atoms with van der Waals surface area (Å²) in [6.45, 7) is 12.7. The third kappa shape index (κ3) is 5.10. The minimum Gasteiger partial charge on any atom is -0.490 e. The van der Waals surface area contributed by atoms with Gasteiger partial charge in [-0.25, -0.2) is 4.98 Å². The van der Waals surface area contributed by atoms with E-state index in [1.807, 2.05) is 58.0 Å². The van der Waals surface area contributed by atoms with Gasteiger partial charge in [0.15, 0.2) is 11.5 Å². The highest BCUT2D eigenvalue weighted by Crippen LogP contribution is 2.33. The molecule has 2 aromatic carbocycles. The summed E-state index contributed by atoms with van der Waals surface area (Å²) in [7, 11) is 0. The molecule has 0 bridgehead atoms. The molecule has 0 fully saturated rings. The van der Waals surface area contributed by atoms with Gasteiger partial charge in [0.25, 0.3) is 5.56 Å². The Hall–Kier alpha value is -2.93. The number of nitrogens with zero attached hydrogens (tertiary/aromatic N) is 3. The van der Waals surface area contributed by atoms with Crippen molar-refractivity contribution >= 4 is 33.0 Å². The quantitative estimate of drug-likeness (QED) is 0.281. The lowest BCUT2D eigenvalue weighted by Crippen LogP contribution is -2.23. The predicted molar refractivity (Wildman–Crippen MR) is 133 cm³/mol. The smallest absolute Gasteiger partial charge is 0.282 e. The van der Waals surface area contributed by atoms with E-state index in [9.17, 15) is 4.79 Å². The van der Waals surface area contributed by atoms with Crippen molar-refractivity contribution < 1.29 is 9.47 Å². The van der Waals surface area contributed by atoms with Crippen LogP contribution in [0.25, 0.3) is 10.9 Å². The summed E-state index contributed by atoms with van der Waals surface area (Å²) in [5.41, 5.74) is 2.19. The van der Waals surface area contributed by atoms with Crippen LogP contribution < -0.4 is 15.0 Å². The van der Waals surface area contributed by atoms with Gasteiger partial charge < -0.3 is 9.47 Å². The van der Waals surface area contributed by atoms with Gasteiger partial charge in [-0.15, -0.1) is 6.58 Å². The molecule has 0 amide bonds. The Labute approximate surface area is 196 Å². The number of allylic oxidation sites excluding steroid dienone is 1. The highest BCUT2D eigenvalue weighted by molar-refractivity contribution is 9.10. The molecular weight excluding hydrogens is 470 g/mol. The molecule has 7 heteroatoms. The van der Waals surface area contributed by atoms with Crippen molar-refractivity contribution in [1.29, 1.82) is 0 Å². The second-order valence-corrected chi connectivity index (χ2v) is 8.43. The van der Waals surface area contributed by atoms with E-state index in [-0.39, 0.29) is 11.5 Å². The fourth-order valence-electron chi connectivity index (χ4n) is 3.41. The van der Waals surface area contributed by atoms with Gasteiger partial charge in [0.1, 0.15) is 5.82 Å². The summed E-state index contributed by atoms with van der Waals surface area (Å²) in [4.78, 5) is 17.9. The average molecular weight is 498 g/mol. The van der Waals surface area contributed by atoms with Crippen molar-refractivity contribution in [2.24, 2.45) is 5.10 Å². The molecular formula is C25H28BrN3O3. The van der Waals surface area contributed by atoms with Crippen LogP contribution in [0.5, 0.6) is 11.5 Å². The maximum atomic E-state index is 13.2. The molecule has 6 nitrogen and oxygen atoms in total. The van der Waals surface area contributed by atoms with Gasteiger partial charge in [0, 0.05) is 16.0 Å². The van der Waals surface area contributed by atoms with Crippen LogP contribution in [0.4, 0.5) is 0 Å². The summed E-state index contributed by atoms with van der Waals surface area (Å²) >= 11 is 3.43. The molecule has 3 rings (SSSR count). The maximum absolute atomic E-state index is 13.2. The zero-order chi connectivity index (χ0) is 23.3. The Morgan fingerprint density at radius 1 is 1.19 bits per heavy atom. The first-order valence-corrected chi connectivity index (χ1v) is 11.5. The molecule has 0 atom stereocenters. The normalized spacial score (nSPS) is 11.4. The first-order valence-electron chi connectivity index (χ1n) is 10.7. The van der Waals surface area contributed by atoms with E-state index in [1.165, 1.54) is 4.68 Å². The Bertz CT molecular complexity index is 1220. The van der Waals surface area contributed by atoms with Gasteiger partial charge in [-0.1, -0.05) is 35.9 Å². The fraction of sp³-hybridized carbons (Fsp3) is 0.320. The van der Waals surface area contributed by atoms with Crippen LogP contribution in [0.15, 0.2) is 57.4 Å². The second-order valence-electron chi connectivity index (χ2n) is 7.51. The Morgan fingerprint density at radius 2 is 1.94 bits per heavy atom. The number of hydrogen-bond donors (Lipinski definition) is 0. The highest BCUT2D eigenvalue weighted by Gasteiger charge is 2.15. The van der Waals surface area contributed by atoms with Crippen molar-refractivity contribution in [3.05, 3.63) is 74.8 Å². The van der Waals surface area contributed by atoms with Crippen LogP contribution in [0.2, 0.25) is 0 Å². The van der Waals surface area contributed by atoms with Gasteiger partial charge in [0.05, 0.1) is 30.3 Å². The predicted octanol–water partition coefficient (Wildman–Crippen LogP) is 5.69. The lowest BCUT2D eigenvalue weighted by molar-refractivity contribution is 0.285. The number of ether oxygens (including phenoxy) is 2. The molecule has 0 unspecified atom stereocenters. The van der Waals surface area contributed by atoms with E-state index in [0.717, 1.165) is 15.6 Å². The third-order valence-corrected chi connectivity index (χ3v) is 5.27. The number of hydrogen-bond acceptors (Lipinski definition) is 5. The van der Waals surface area contributed by atoms with E-state index in [2.05, 4.69) is 27.6 Å². The maximum Gasteiger partial charge on any atom is 0.282 e. The minimum absolute atomic E-state index is 0.0172. The molecule has 0 saturated heterocycles. The average Bonchev–Trinajstić information content (AvgIpc) is 2.76. The number of rotatable bonds is 9. The van der Waals surface area contributed by atoms with Crippen LogP contribution in [0.1, 0.15) is 50.6 Å². The molecule has 0 aliphatic heterocycles. The summed E-state index contributed by atoms with van der Waals surface area (Å²) < 4.78 is 13.8. The molecule has 0 aliphatic carbocycles. The molecule has 0 N–H and O–H groups in total. The fourth-order valence-corrected chi connectivity index (χ4v) is 3.77. The summed E-state index contributed by atoms with van der Waals surface area (Å²) in [6, 6.07) is 9.33. The van der Waals surface area contributed by atoms with E-state index >= 15 is 0 Å². The lowest BCUT2D eigenvalue weighted by Gasteiger charge is -2.16. The summed E-state index contributed by atoms with van der Waals surface area (Å²) in [6.07, 6.45) is 4.10. The van der Waals surface area contributed by atoms with Crippen molar-refractivity contribution in [3.63, 3.8) is 0 Å². The molecule has 0 radical (unpaired) electrons. The molecule has 0 spiro atoms. The number of aromatic nitrogens is 2. The zero-order valence-corrected chi connectivity index (χ0v) is 20.5. The van der Waals surface area contributed by atoms with Crippen molar-refractivity contribution in [2.75, 3.05) is 13.2 Å².